The van der Waals surface area contributed by atoms with Gasteiger partial charge in [0, 0.05) is 28.6 Å². The molecule has 0 fully saturated rings. The smallest absolute Gasteiger partial charge is 0.335 e. The van der Waals surface area contributed by atoms with Crippen molar-refractivity contribution in [1.82, 2.24) is 4.90 Å². The predicted octanol–water partition coefficient (Wildman–Crippen LogP) is 3.50. The number of carbonyl (C=O) groups excluding carboxylic acids is 1. The number of methoxy groups -OCH3 is 1. The van der Waals surface area contributed by atoms with E-state index in [2.05, 4.69) is 15.9 Å². The van der Waals surface area contributed by atoms with E-state index >= 15 is 0 Å². The van der Waals surface area contributed by atoms with Crippen molar-refractivity contribution in [2.75, 3.05) is 20.3 Å². The molecule has 0 bridgehead atoms. The molecule has 0 saturated heterocycles. The summed E-state index contributed by atoms with van der Waals surface area (Å²) in [6.07, 6.45) is 0. The molecule has 2 aromatic rings. The number of carboxylic acids is 1. The third-order valence-electron chi connectivity index (χ3n) is 3.23. The summed E-state index contributed by atoms with van der Waals surface area (Å²) in [5.74, 6) is -1.27. The third kappa shape index (κ3) is 4.63. The molecule has 0 aliphatic rings. The number of rotatable bonds is 7. The largest absolute Gasteiger partial charge is 0.478 e. The zero-order chi connectivity index (χ0) is 16.8. The van der Waals surface area contributed by atoms with Gasteiger partial charge in [0.2, 0.25) is 0 Å². The highest BCUT2D eigenvalue weighted by Crippen LogP contribution is 2.25. The van der Waals surface area contributed by atoms with Crippen LogP contribution >= 0.6 is 27.3 Å². The van der Waals surface area contributed by atoms with E-state index in [0.717, 1.165) is 9.35 Å². The topological polar surface area (TPSA) is 66.8 Å². The Hall–Kier alpha value is -1.70. The van der Waals surface area contributed by atoms with E-state index in [1.165, 1.54) is 12.1 Å². The van der Waals surface area contributed by atoms with Crippen molar-refractivity contribution >= 4 is 39.1 Å². The normalized spacial score (nSPS) is 10.5. The summed E-state index contributed by atoms with van der Waals surface area (Å²) in [5.41, 5.74) is 0.452. The molecule has 0 aliphatic carbocycles. The van der Waals surface area contributed by atoms with Gasteiger partial charge in [-0.3, -0.25) is 4.79 Å². The van der Waals surface area contributed by atoms with Crippen LogP contribution in [0, 0.1) is 0 Å². The Morgan fingerprint density at radius 1 is 1.30 bits per heavy atom. The van der Waals surface area contributed by atoms with E-state index < -0.39 is 5.97 Å². The van der Waals surface area contributed by atoms with Crippen molar-refractivity contribution in [2.45, 2.75) is 6.54 Å². The lowest BCUT2D eigenvalue weighted by Crippen LogP contribution is -2.33. The molecule has 1 aromatic heterocycles. The molecule has 0 aliphatic heterocycles. The van der Waals surface area contributed by atoms with Gasteiger partial charge in [-0.15, -0.1) is 11.3 Å². The zero-order valence-electron chi connectivity index (χ0n) is 12.5. The molecule has 7 heteroatoms. The summed E-state index contributed by atoms with van der Waals surface area (Å²) >= 11 is 5.02. The predicted molar refractivity (Wildman–Crippen MR) is 92.0 cm³/mol. The first-order valence-corrected chi connectivity index (χ1v) is 8.53. The molecule has 0 unspecified atom stereocenters. The molecule has 5 nitrogen and oxygen atoms in total. The van der Waals surface area contributed by atoms with Gasteiger partial charge in [-0.05, 0) is 45.6 Å². The molecule has 0 spiro atoms. The first kappa shape index (κ1) is 17.7. The fourth-order valence-electron chi connectivity index (χ4n) is 2.03. The standard InChI is InChI=1S/C16H16BrNO4S/c1-22-7-6-18(10-14-13(17)5-8-23-14)15(19)11-3-2-4-12(9-11)16(20)21/h2-5,8-9H,6-7,10H2,1H3,(H,20,21). The van der Waals surface area contributed by atoms with Gasteiger partial charge < -0.3 is 14.7 Å². The molecular formula is C16H16BrNO4S. The van der Waals surface area contributed by atoms with Crippen LogP contribution in [0.1, 0.15) is 25.6 Å². The van der Waals surface area contributed by atoms with Crippen LogP contribution in [0.15, 0.2) is 40.2 Å². The highest BCUT2D eigenvalue weighted by molar-refractivity contribution is 9.10. The van der Waals surface area contributed by atoms with Crippen LogP contribution in [-0.2, 0) is 11.3 Å². The first-order valence-electron chi connectivity index (χ1n) is 6.86. The molecule has 1 aromatic carbocycles. The number of amides is 1. The fraction of sp³-hybridized carbons (Fsp3) is 0.250. The summed E-state index contributed by atoms with van der Waals surface area (Å²) in [7, 11) is 1.58. The Morgan fingerprint density at radius 2 is 2.04 bits per heavy atom. The maximum atomic E-state index is 12.7. The van der Waals surface area contributed by atoms with Gasteiger partial charge >= 0.3 is 5.97 Å². The van der Waals surface area contributed by atoms with Gasteiger partial charge in [0.25, 0.3) is 5.91 Å². The SMILES string of the molecule is COCCN(Cc1sccc1Br)C(=O)c1cccc(C(=O)O)c1. The monoisotopic (exact) mass is 397 g/mol. The molecule has 1 heterocycles. The zero-order valence-corrected chi connectivity index (χ0v) is 14.9. The number of nitrogens with zero attached hydrogens (tertiary/aromatic N) is 1. The van der Waals surface area contributed by atoms with Crippen LogP contribution in [0.3, 0.4) is 0 Å². The molecular weight excluding hydrogens is 382 g/mol. The highest BCUT2D eigenvalue weighted by atomic mass is 79.9. The van der Waals surface area contributed by atoms with Gasteiger partial charge in [-0.25, -0.2) is 4.79 Å². The first-order chi connectivity index (χ1) is 11.0. The second kappa shape index (κ2) is 8.24. The Kier molecular flexibility index (Phi) is 6.32. The summed E-state index contributed by atoms with van der Waals surface area (Å²) in [6.45, 7) is 1.28. The van der Waals surface area contributed by atoms with E-state index in [4.69, 9.17) is 9.84 Å². The minimum atomic E-state index is -1.05. The van der Waals surface area contributed by atoms with Gasteiger partial charge in [0.15, 0.2) is 0 Å². The van der Waals surface area contributed by atoms with E-state index in [-0.39, 0.29) is 11.5 Å². The minimum absolute atomic E-state index is 0.0971. The van der Waals surface area contributed by atoms with Crippen LogP contribution in [0.2, 0.25) is 0 Å². The van der Waals surface area contributed by atoms with Gasteiger partial charge in [0.05, 0.1) is 18.7 Å². The Balaban J connectivity index is 2.23. The minimum Gasteiger partial charge on any atom is -0.478 e. The number of aromatic carboxylic acids is 1. The second-order valence-electron chi connectivity index (χ2n) is 4.80. The van der Waals surface area contributed by atoms with Crippen molar-refractivity contribution in [3.8, 4) is 0 Å². The maximum Gasteiger partial charge on any atom is 0.335 e. The Labute approximate surface area is 146 Å². The average Bonchev–Trinajstić information content (AvgIpc) is 2.95. The summed E-state index contributed by atoms with van der Waals surface area (Å²) in [6, 6.07) is 8.00. The van der Waals surface area contributed by atoms with Crippen LogP contribution < -0.4 is 0 Å². The number of hydrogen-bond donors (Lipinski definition) is 1. The Morgan fingerprint density at radius 3 is 2.65 bits per heavy atom. The summed E-state index contributed by atoms with van der Waals surface area (Å²) in [4.78, 5) is 26.5. The van der Waals surface area contributed by atoms with Crippen molar-refractivity contribution in [2.24, 2.45) is 0 Å². The van der Waals surface area contributed by atoms with Gasteiger partial charge in [-0.1, -0.05) is 6.07 Å². The molecule has 0 atom stereocenters. The number of ether oxygens (including phenoxy) is 1. The summed E-state index contributed by atoms with van der Waals surface area (Å²) < 4.78 is 6.03. The number of hydrogen-bond acceptors (Lipinski definition) is 4. The Bertz CT molecular complexity index is 701. The van der Waals surface area contributed by atoms with E-state index in [9.17, 15) is 9.59 Å². The van der Waals surface area contributed by atoms with Crippen LogP contribution in [-0.4, -0.2) is 42.1 Å². The van der Waals surface area contributed by atoms with Crippen LogP contribution in [0.25, 0.3) is 0 Å². The molecule has 0 saturated carbocycles. The van der Waals surface area contributed by atoms with Crippen LogP contribution in [0.4, 0.5) is 0 Å². The molecule has 1 amide bonds. The number of halogens is 1. The quantitative estimate of drug-likeness (QED) is 0.776. The molecule has 1 N–H and O–H groups in total. The third-order valence-corrected chi connectivity index (χ3v) is 5.15. The molecule has 122 valence electrons. The van der Waals surface area contributed by atoms with Crippen molar-refractivity contribution in [3.63, 3.8) is 0 Å². The van der Waals surface area contributed by atoms with E-state index in [1.54, 1.807) is 35.5 Å². The number of benzene rings is 1. The van der Waals surface area contributed by atoms with Crippen LogP contribution in [0.5, 0.6) is 0 Å². The summed E-state index contributed by atoms with van der Waals surface area (Å²) in [5, 5.41) is 11.0. The number of carboxylic acid groups (broad SMARTS) is 1. The lowest BCUT2D eigenvalue weighted by Gasteiger charge is -2.22. The van der Waals surface area contributed by atoms with E-state index in [1.807, 2.05) is 11.4 Å². The van der Waals surface area contributed by atoms with Gasteiger partial charge in [0.1, 0.15) is 0 Å². The fourth-order valence-corrected chi connectivity index (χ4v) is 3.53. The molecule has 0 radical (unpaired) electrons. The van der Waals surface area contributed by atoms with E-state index in [0.29, 0.717) is 25.3 Å². The second-order valence-corrected chi connectivity index (χ2v) is 6.65. The highest BCUT2D eigenvalue weighted by Gasteiger charge is 2.19. The molecule has 2 rings (SSSR count). The number of carbonyl (C=O) groups is 2. The lowest BCUT2D eigenvalue weighted by atomic mass is 10.1. The number of thiophene rings is 1. The lowest BCUT2D eigenvalue weighted by molar-refractivity contribution is 0.0682. The van der Waals surface area contributed by atoms with Gasteiger partial charge in [-0.2, -0.15) is 0 Å². The molecule has 23 heavy (non-hydrogen) atoms. The van der Waals surface area contributed by atoms with Crippen molar-refractivity contribution in [1.29, 1.82) is 0 Å². The average molecular weight is 398 g/mol. The maximum absolute atomic E-state index is 12.7. The van der Waals surface area contributed by atoms with Crippen molar-refractivity contribution in [3.05, 3.63) is 56.2 Å². The van der Waals surface area contributed by atoms with Crippen molar-refractivity contribution < 1.29 is 19.4 Å².